The van der Waals surface area contributed by atoms with E-state index < -0.39 is 0 Å². The monoisotopic (exact) mass is 211 g/mol. The van der Waals surface area contributed by atoms with Crippen LogP contribution in [0.25, 0.3) is 0 Å². The van der Waals surface area contributed by atoms with Gasteiger partial charge in [-0.15, -0.1) is 4.73 Å². The minimum atomic E-state index is 0.226. The third kappa shape index (κ3) is 2.61. The molecule has 1 rings (SSSR count). The average molecular weight is 211 g/mol. The second-order valence-electron chi connectivity index (χ2n) is 3.43. The standard InChI is InChI=1S/C9H17N5O/c1-4-5-11-9-12-8(13(2)3)6-7(10)14(9)15/h6,15H,4-5,10H2,1-3H3. The fourth-order valence-corrected chi connectivity index (χ4v) is 1.03. The van der Waals surface area contributed by atoms with Crippen LogP contribution in [0.5, 0.6) is 0 Å². The van der Waals surface area contributed by atoms with Gasteiger partial charge in [0.2, 0.25) is 0 Å². The Balaban J connectivity index is 3.25. The van der Waals surface area contributed by atoms with Gasteiger partial charge in [-0.3, -0.25) is 0 Å². The Morgan fingerprint density at radius 1 is 1.60 bits per heavy atom. The molecule has 0 aliphatic carbocycles. The Hall–Kier alpha value is -1.72. The molecule has 1 heterocycles. The number of aromatic nitrogens is 2. The quantitative estimate of drug-likeness (QED) is 0.694. The maximum atomic E-state index is 9.55. The average Bonchev–Trinajstić information content (AvgIpc) is 2.19. The van der Waals surface area contributed by atoms with Crippen molar-refractivity contribution in [3.8, 4) is 0 Å². The van der Waals surface area contributed by atoms with Crippen molar-refractivity contribution in [2.24, 2.45) is 4.99 Å². The molecule has 15 heavy (non-hydrogen) atoms. The van der Waals surface area contributed by atoms with Crippen molar-refractivity contribution in [2.75, 3.05) is 31.3 Å². The number of hydrogen-bond donors (Lipinski definition) is 2. The Morgan fingerprint density at radius 3 is 2.80 bits per heavy atom. The summed E-state index contributed by atoms with van der Waals surface area (Å²) in [6.07, 6.45) is 0.897. The van der Waals surface area contributed by atoms with Crippen LogP contribution in [0.15, 0.2) is 11.1 Å². The third-order valence-corrected chi connectivity index (χ3v) is 1.86. The molecule has 0 bridgehead atoms. The van der Waals surface area contributed by atoms with Gasteiger partial charge in [-0.2, -0.15) is 4.98 Å². The molecule has 0 atom stereocenters. The zero-order valence-corrected chi connectivity index (χ0v) is 9.30. The van der Waals surface area contributed by atoms with Crippen molar-refractivity contribution in [3.05, 3.63) is 11.7 Å². The summed E-state index contributed by atoms with van der Waals surface area (Å²) in [7, 11) is 3.71. The van der Waals surface area contributed by atoms with Gasteiger partial charge in [-0.1, -0.05) is 6.92 Å². The highest BCUT2D eigenvalue weighted by Crippen LogP contribution is 2.07. The molecule has 1 aromatic heterocycles. The van der Waals surface area contributed by atoms with Crippen molar-refractivity contribution in [3.63, 3.8) is 0 Å². The van der Waals surface area contributed by atoms with Gasteiger partial charge < -0.3 is 15.8 Å². The first-order valence-corrected chi connectivity index (χ1v) is 4.83. The number of anilines is 2. The van der Waals surface area contributed by atoms with E-state index in [0.29, 0.717) is 12.4 Å². The minimum Gasteiger partial charge on any atom is -0.423 e. The topological polar surface area (TPSA) is 79.7 Å². The van der Waals surface area contributed by atoms with Crippen LogP contribution in [0.3, 0.4) is 0 Å². The molecule has 0 radical (unpaired) electrons. The van der Waals surface area contributed by atoms with Gasteiger partial charge in [0.1, 0.15) is 11.6 Å². The molecule has 0 fully saturated rings. The molecule has 0 spiro atoms. The van der Waals surface area contributed by atoms with Crippen molar-refractivity contribution in [2.45, 2.75) is 13.3 Å². The summed E-state index contributed by atoms with van der Waals surface area (Å²) >= 11 is 0. The molecule has 6 nitrogen and oxygen atoms in total. The number of nitrogens with zero attached hydrogens (tertiary/aromatic N) is 4. The molecule has 6 heteroatoms. The summed E-state index contributed by atoms with van der Waals surface area (Å²) in [5.41, 5.74) is 5.85. The van der Waals surface area contributed by atoms with Crippen LogP contribution in [-0.2, 0) is 0 Å². The number of nitrogens with two attached hydrogens (primary N) is 1. The second-order valence-corrected chi connectivity index (χ2v) is 3.43. The highest BCUT2D eigenvalue weighted by atomic mass is 16.5. The molecule has 0 amide bonds. The van der Waals surface area contributed by atoms with Crippen molar-refractivity contribution in [1.82, 2.24) is 9.71 Å². The van der Waals surface area contributed by atoms with Crippen LogP contribution in [0.4, 0.5) is 11.6 Å². The van der Waals surface area contributed by atoms with E-state index in [1.54, 1.807) is 11.0 Å². The summed E-state index contributed by atoms with van der Waals surface area (Å²) in [4.78, 5) is 10.1. The van der Waals surface area contributed by atoms with Crippen molar-refractivity contribution >= 4 is 11.6 Å². The normalized spacial score (nSPS) is 11.8. The minimum absolute atomic E-state index is 0.226. The first-order chi connectivity index (χ1) is 7.06. The maximum absolute atomic E-state index is 9.55. The van der Waals surface area contributed by atoms with Crippen LogP contribution in [0.1, 0.15) is 13.3 Å². The van der Waals surface area contributed by atoms with E-state index in [1.807, 2.05) is 21.0 Å². The molecule has 0 aliphatic heterocycles. The van der Waals surface area contributed by atoms with Crippen LogP contribution in [0, 0.1) is 0 Å². The van der Waals surface area contributed by atoms with E-state index >= 15 is 0 Å². The summed E-state index contributed by atoms with van der Waals surface area (Å²) in [6.45, 7) is 2.62. The van der Waals surface area contributed by atoms with Crippen LogP contribution >= 0.6 is 0 Å². The Kier molecular flexibility index (Phi) is 3.54. The Labute approximate surface area is 88.6 Å². The predicted octanol–water partition coefficient (Wildman–Crippen LogP) is 0.0793. The van der Waals surface area contributed by atoms with Crippen molar-refractivity contribution < 1.29 is 5.21 Å². The second kappa shape index (κ2) is 4.68. The first kappa shape index (κ1) is 11.4. The Bertz CT molecular complexity index is 396. The van der Waals surface area contributed by atoms with E-state index in [2.05, 4.69) is 9.98 Å². The molecular formula is C9H17N5O. The zero-order chi connectivity index (χ0) is 11.4. The van der Waals surface area contributed by atoms with Crippen molar-refractivity contribution in [1.29, 1.82) is 0 Å². The van der Waals surface area contributed by atoms with E-state index in [-0.39, 0.29) is 11.4 Å². The summed E-state index contributed by atoms with van der Waals surface area (Å²) in [5.74, 6) is 0.899. The van der Waals surface area contributed by atoms with Gasteiger partial charge in [-0.25, -0.2) is 4.99 Å². The fraction of sp³-hybridized carbons (Fsp3) is 0.556. The van der Waals surface area contributed by atoms with Gasteiger partial charge in [0.25, 0.3) is 5.62 Å². The fourth-order valence-electron chi connectivity index (χ4n) is 1.03. The molecule has 0 saturated carbocycles. The van der Waals surface area contributed by atoms with E-state index in [0.717, 1.165) is 11.2 Å². The molecule has 1 aromatic rings. The molecule has 84 valence electrons. The largest absolute Gasteiger partial charge is 0.423 e. The molecular weight excluding hydrogens is 194 g/mol. The van der Waals surface area contributed by atoms with Gasteiger partial charge in [0.05, 0.1) is 0 Å². The first-order valence-electron chi connectivity index (χ1n) is 4.83. The van der Waals surface area contributed by atoms with Gasteiger partial charge in [0, 0.05) is 26.7 Å². The molecule has 0 unspecified atom stereocenters. The molecule has 0 aliphatic rings. The van der Waals surface area contributed by atoms with Gasteiger partial charge >= 0.3 is 0 Å². The Morgan fingerprint density at radius 2 is 2.27 bits per heavy atom. The predicted molar refractivity (Wildman–Crippen MR) is 58.9 cm³/mol. The zero-order valence-electron chi connectivity index (χ0n) is 9.30. The highest BCUT2D eigenvalue weighted by Gasteiger charge is 2.03. The van der Waals surface area contributed by atoms with E-state index in [4.69, 9.17) is 5.73 Å². The highest BCUT2D eigenvalue weighted by molar-refractivity contribution is 5.44. The van der Waals surface area contributed by atoms with Crippen LogP contribution in [-0.4, -0.2) is 35.6 Å². The number of nitrogen functional groups attached to an aromatic ring is 1. The lowest BCUT2D eigenvalue weighted by Gasteiger charge is -2.12. The summed E-state index contributed by atoms with van der Waals surface area (Å²) in [5, 5.41) is 9.55. The van der Waals surface area contributed by atoms with E-state index in [1.165, 1.54) is 0 Å². The SMILES string of the molecule is CCCN=c1nc(N(C)C)cc(N)n1O. The molecule has 0 saturated heterocycles. The number of rotatable bonds is 3. The van der Waals surface area contributed by atoms with Gasteiger partial charge in [0.15, 0.2) is 0 Å². The third-order valence-electron chi connectivity index (χ3n) is 1.86. The molecule has 0 aromatic carbocycles. The summed E-state index contributed by atoms with van der Waals surface area (Å²) in [6, 6.07) is 1.59. The summed E-state index contributed by atoms with van der Waals surface area (Å²) < 4.78 is 0.794. The lowest BCUT2D eigenvalue weighted by molar-refractivity contribution is 0.173. The molecule has 3 N–H and O–H groups in total. The van der Waals surface area contributed by atoms with E-state index in [9.17, 15) is 5.21 Å². The number of hydrogen-bond acceptors (Lipinski definition) is 5. The smallest absolute Gasteiger partial charge is 0.262 e. The lowest BCUT2D eigenvalue weighted by Crippen LogP contribution is -2.28. The maximum Gasteiger partial charge on any atom is 0.262 e. The van der Waals surface area contributed by atoms with Gasteiger partial charge in [-0.05, 0) is 6.42 Å². The van der Waals surface area contributed by atoms with Crippen LogP contribution in [0.2, 0.25) is 0 Å². The lowest BCUT2D eigenvalue weighted by atomic mass is 10.5. The van der Waals surface area contributed by atoms with Crippen LogP contribution < -0.4 is 16.3 Å².